The van der Waals surface area contributed by atoms with Crippen LogP contribution in [0.15, 0.2) is 42.5 Å². The Kier molecular flexibility index (Phi) is 4.18. The van der Waals surface area contributed by atoms with Gasteiger partial charge < -0.3 is 10.5 Å². The van der Waals surface area contributed by atoms with Gasteiger partial charge in [0.2, 0.25) is 0 Å². The Hall–Kier alpha value is -2.08. The van der Waals surface area contributed by atoms with Gasteiger partial charge in [-0.3, -0.25) is 0 Å². The first kappa shape index (κ1) is 15.3. The molecule has 0 aromatic heterocycles. The highest BCUT2D eigenvalue weighted by atomic mass is 19.4. The molecule has 0 aliphatic carbocycles. The Labute approximate surface area is 119 Å². The summed E-state index contributed by atoms with van der Waals surface area (Å²) >= 11 is 0. The molecule has 0 heterocycles. The maximum absolute atomic E-state index is 13.8. The van der Waals surface area contributed by atoms with E-state index in [9.17, 15) is 17.6 Å². The second-order valence-corrected chi connectivity index (χ2v) is 4.62. The first-order valence-corrected chi connectivity index (χ1v) is 6.13. The number of hydrogen-bond acceptors (Lipinski definition) is 2. The van der Waals surface area contributed by atoms with Gasteiger partial charge in [-0.2, -0.15) is 0 Å². The number of hydrogen-bond donors (Lipinski definition) is 1. The quantitative estimate of drug-likeness (QED) is 0.867. The van der Waals surface area contributed by atoms with Gasteiger partial charge in [-0.05, 0) is 36.2 Å². The maximum atomic E-state index is 13.8. The average molecular weight is 299 g/mol. The van der Waals surface area contributed by atoms with Crippen LogP contribution in [0.1, 0.15) is 22.7 Å². The van der Waals surface area contributed by atoms with Crippen LogP contribution in [-0.2, 0) is 0 Å². The highest BCUT2D eigenvalue weighted by Gasteiger charge is 2.31. The van der Waals surface area contributed by atoms with Gasteiger partial charge in [-0.25, -0.2) is 4.39 Å². The molecular formula is C15H13F4NO. The predicted molar refractivity (Wildman–Crippen MR) is 70.3 cm³/mol. The highest BCUT2D eigenvalue weighted by Crippen LogP contribution is 2.27. The molecule has 2 N–H and O–H groups in total. The van der Waals surface area contributed by atoms with Crippen LogP contribution < -0.4 is 10.5 Å². The van der Waals surface area contributed by atoms with E-state index in [1.54, 1.807) is 19.1 Å². The SMILES string of the molecule is Cc1ccc([C@@H](N)c2ccc(OC(F)(F)F)cc2)c(F)c1. The van der Waals surface area contributed by atoms with Crippen molar-refractivity contribution in [3.63, 3.8) is 0 Å². The molecule has 6 heteroatoms. The molecule has 2 rings (SSSR count). The molecule has 1 atom stereocenters. The van der Waals surface area contributed by atoms with Crippen molar-refractivity contribution < 1.29 is 22.3 Å². The van der Waals surface area contributed by atoms with Gasteiger partial charge in [0.25, 0.3) is 0 Å². The van der Waals surface area contributed by atoms with Gasteiger partial charge in [0.15, 0.2) is 0 Å². The van der Waals surface area contributed by atoms with Crippen molar-refractivity contribution in [2.45, 2.75) is 19.3 Å². The van der Waals surface area contributed by atoms with Crippen LogP contribution in [0, 0.1) is 12.7 Å². The molecule has 0 bridgehead atoms. The lowest BCUT2D eigenvalue weighted by molar-refractivity contribution is -0.274. The van der Waals surface area contributed by atoms with Crippen molar-refractivity contribution in [2.24, 2.45) is 5.73 Å². The van der Waals surface area contributed by atoms with Crippen molar-refractivity contribution in [2.75, 3.05) is 0 Å². The molecule has 0 fully saturated rings. The number of benzene rings is 2. The van der Waals surface area contributed by atoms with Crippen molar-refractivity contribution in [3.05, 3.63) is 65.0 Å². The van der Waals surface area contributed by atoms with E-state index >= 15 is 0 Å². The van der Waals surface area contributed by atoms with E-state index < -0.39 is 18.2 Å². The third kappa shape index (κ3) is 3.95. The van der Waals surface area contributed by atoms with Crippen molar-refractivity contribution in [1.82, 2.24) is 0 Å². The first-order valence-electron chi connectivity index (χ1n) is 6.13. The largest absolute Gasteiger partial charge is 0.573 e. The van der Waals surface area contributed by atoms with Gasteiger partial charge in [0, 0.05) is 5.56 Å². The van der Waals surface area contributed by atoms with Gasteiger partial charge in [0.05, 0.1) is 6.04 Å². The van der Waals surface area contributed by atoms with Gasteiger partial charge in [-0.15, -0.1) is 13.2 Å². The number of aryl methyl sites for hydroxylation is 1. The van der Waals surface area contributed by atoms with Crippen LogP contribution in [0.25, 0.3) is 0 Å². The number of ether oxygens (including phenoxy) is 1. The zero-order valence-corrected chi connectivity index (χ0v) is 11.1. The molecule has 0 unspecified atom stereocenters. The summed E-state index contributed by atoms with van der Waals surface area (Å²) in [5.74, 6) is -0.791. The monoisotopic (exact) mass is 299 g/mol. The fourth-order valence-corrected chi connectivity index (χ4v) is 1.94. The molecule has 0 aliphatic rings. The third-order valence-corrected chi connectivity index (χ3v) is 2.96. The summed E-state index contributed by atoms with van der Waals surface area (Å²) in [6.45, 7) is 1.75. The van der Waals surface area contributed by atoms with Crippen LogP contribution in [0.3, 0.4) is 0 Å². The summed E-state index contributed by atoms with van der Waals surface area (Å²) in [4.78, 5) is 0. The average Bonchev–Trinajstić information content (AvgIpc) is 2.37. The lowest BCUT2D eigenvalue weighted by Gasteiger charge is -2.15. The second kappa shape index (κ2) is 5.73. The zero-order valence-electron chi connectivity index (χ0n) is 11.1. The molecule has 2 nitrogen and oxygen atoms in total. The van der Waals surface area contributed by atoms with Gasteiger partial charge in [0.1, 0.15) is 11.6 Å². The Morgan fingerprint density at radius 2 is 1.67 bits per heavy atom. The molecule has 0 spiro atoms. The molecule has 0 amide bonds. The summed E-state index contributed by atoms with van der Waals surface area (Å²) in [5.41, 5.74) is 7.48. The summed E-state index contributed by atoms with van der Waals surface area (Å²) in [6.07, 6.45) is -4.74. The van der Waals surface area contributed by atoms with Crippen LogP contribution >= 0.6 is 0 Å². The van der Waals surface area contributed by atoms with E-state index in [2.05, 4.69) is 4.74 Å². The Balaban J connectivity index is 2.22. The minimum atomic E-state index is -4.74. The molecule has 21 heavy (non-hydrogen) atoms. The Morgan fingerprint density at radius 1 is 1.05 bits per heavy atom. The highest BCUT2D eigenvalue weighted by molar-refractivity contribution is 5.36. The lowest BCUT2D eigenvalue weighted by atomic mass is 9.98. The summed E-state index contributed by atoms with van der Waals surface area (Å²) < 4.78 is 53.8. The van der Waals surface area contributed by atoms with Crippen LogP contribution in [0.4, 0.5) is 17.6 Å². The Morgan fingerprint density at radius 3 is 2.19 bits per heavy atom. The van der Waals surface area contributed by atoms with E-state index in [0.717, 1.165) is 17.7 Å². The summed E-state index contributed by atoms with van der Waals surface area (Å²) in [6, 6.07) is 8.94. The smallest absolute Gasteiger partial charge is 0.406 e. The van der Waals surface area contributed by atoms with E-state index in [0.29, 0.717) is 5.56 Å². The fourth-order valence-electron chi connectivity index (χ4n) is 1.94. The van der Waals surface area contributed by atoms with Crippen molar-refractivity contribution >= 4 is 0 Å². The number of nitrogens with two attached hydrogens (primary N) is 1. The molecule has 0 saturated carbocycles. The minimum absolute atomic E-state index is 0.282. The van der Waals surface area contributed by atoms with E-state index in [1.165, 1.54) is 18.2 Å². The van der Waals surface area contributed by atoms with Crippen LogP contribution in [-0.4, -0.2) is 6.36 Å². The van der Waals surface area contributed by atoms with E-state index in [-0.39, 0.29) is 11.3 Å². The van der Waals surface area contributed by atoms with Gasteiger partial charge >= 0.3 is 6.36 Å². The summed E-state index contributed by atoms with van der Waals surface area (Å²) in [5, 5.41) is 0. The molecule has 112 valence electrons. The lowest BCUT2D eigenvalue weighted by Crippen LogP contribution is -2.17. The fraction of sp³-hybridized carbons (Fsp3) is 0.200. The topological polar surface area (TPSA) is 35.2 Å². The van der Waals surface area contributed by atoms with Crippen LogP contribution in [0.5, 0.6) is 5.75 Å². The molecule has 0 radical (unpaired) electrons. The molecule has 0 aliphatic heterocycles. The molecule has 2 aromatic carbocycles. The zero-order chi connectivity index (χ0) is 15.6. The number of alkyl halides is 3. The van der Waals surface area contributed by atoms with Crippen molar-refractivity contribution in [3.8, 4) is 5.75 Å². The molecule has 2 aromatic rings. The van der Waals surface area contributed by atoms with Crippen molar-refractivity contribution in [1.29, 1.82) is 0 Å². The normalized spacial score (nSPS) is 13.0. The first-order chi connectivity index (χ1) is 9.76. The van der Waals surface area contributed by atoms with E-state index in [1.807, 2.05) is 0 Å². The minimum Gasteiger partial charge on any atom is -0.406 e. The number of halogens is 4. The van der Waals surface area contributed by atoms with Gasteiger partial charge in [-0.1, -0.05) is 24.3 Å². The Bertz CT molecular complexity index is 623. The molecular weight excluding hydrogens is 286 g/mol. The summed E-state index contributed by atoms with van der Waals surface area (Å²) in [7, 11) is 0. The number of rotatable bonds is 3. The second-order valence-electron chi connectivity index (χ2n) is 4.62. The maximum Gasteiger partial charge on any atom is 0.573 e. The van der Waals surface area contributed by atoms with Crippen LogP contribution in [0.2, 0.25) is 0 Å². The van der Waals surface area contributed by atoms with E-state index in [4.69, 9.17) is 5.73 Å². The predicted octanol–water partition coefficient (Wildman–Crippen LogP) is 4.08. The standard InChI is InChI=1S/C15H13F4NO/c1-9-2-7-12(13(16)8-9)14(20)10-3-5-11(6-4-10)21-15(17,18)19/h2-8,14H,20H2,1H3/t14-/m0/s1. The third-order valence-electron chi connectivity index (χ3n) is 2.96. The molecule has 0 saturated heterocycles.